The highest BCUT2D eigenvalue weighted by molar-refractivity contribution is 6.34. The molecule has 240 valence electrons. The number of carbonyl (C=O) groups excluding carboxylic acids is 4. The quantitative estimate of drug-likeness (QED) is 0.372. The minimum atomic E-state index is -0.409. The Hall–Kier alpha value is -3.46. The van der Waals surface area contributed by atoms with E-state index in [1.807, 2.05) is 0 Å². The van der Waals surface area contributed by atoms with Gasteiger partial charge in [-0.15, -0.1) is 0 Å². The molecule has 5 aliphatic heterocycles. The van der Waals surface area contributed by atoms with E-state index in [0.29, 0.717) is 98.0 Å². The molecule has 1 N–H and O–H groups in total. The number of nitrogens with one attached hydrogen (secondary N) is 1. The molecule has 5 heterocycles. The van der Waals surface area contributed by atoms with E-state index in [9.17, 15) is 19.2 Å². The Morgan fingerprint density at radius 3 is 1.51 bits per heavy atom. The third kappa shape index (κ3) is 5.84. The van der Waals surface area contributed by atoms with Crippen LogP contribution in [0.3, 0.4) is 0 Å². The lowest BCUT2D eigenvalue weighted by molar-refractivity contribution is 0.0309. The lowest BCUT2D eigenvalue weighted by Gasteiger charge is -2.35. The van der Waals surface area contributed by atoms with E-state index in [-0.39, 0.29) is 13.1 Å². The lowest BCUT2D eigenvalue weighted by atomic mass is 9.84. The molecule has 0 radical (unpaired) electrons. The highest BCUT2D eigenvalue weighted by Gasteiger charge is 2.41. The predicted octanol–water partition coefficient (Wildman–Crippen LogP) is 0.440. The molecular weight excluding hydrogens is 580 g/mol. The summed E-state index contributed by atoms with van der Waals surface area (Å²) in [6.45, 7) is 11.3. The van der Waals surface area contributed by atoms with E-state index in [0.717, 1.165) is 45.8 Å². The van der Waals surface area contributed by atoms with Gasteiger partial charge < -0.3 is 19.5 Å². The number of benzene rings is 2. The van der Waals surface area contributed by atoms with Crippen LogP contribution in [0.1, 0.15) is 41.4 Å². The Bertz CT molecular complexity index is 1500. The zero-order valence-corrected chi connectivity index (χ0v) is 25.6. The largest absolute Gasteiger partial charge is 0.383 e. The smallest absolute Gasteiger partial charge is 0.263 e. The molecule has 2 aromatic rings. The zero-order chi connectivity index (χ0) is 30.9. The highest BCUT2D eigenvalue weighted by atomic mass is 16.5. The Kier molecular flexibility index (Phi) is 8.80. The molecule has 45 heavy (non-hydrogen) atoms. The summed E-state index contributed by atoms with van der Waals surface area (Å²) in [4.78, 5) is 65.1. The Morgan fingerprint density at radius 1 is 0.533 bits per heavy atom. The van der Waals surface area contributed by atoms with Crippen molar-refractivity contribution in [1.82, 2.24) is 24.5 Å². The Morgan fingerprint density at radius 2 is 0.978 bits per heavy atom. The number of carbonyl (C=O) groups is 4. The van der Waals surface area contributed by atoms with Crippen molar-refractivity contribution >= 4 is 40.1 Å². The van der Waals surface area contributed by atoms with Crippen LogP contribution in [0.15, 0.2) is 18.2 Å². The topological polar surface area (TPSA) is 124 Å². The summed E-state index contributed by atoms with van der Waals surface area (Å²) in [6.07, 6.45) is 0. The van der Waals surface area contributed by atoms with Crippen molar-refractivity contribution in [1.29, 1.82) is 0 Å². The molecule has 0 saturated carbocycles. The molecule has 0 unspecified atom stereocenters. The maximum absolute atomic E-state index is 14.2. The molecule has 13 nitrogen and oxygen atoms in total. The highest BCUT2D eigenvalue weighted by Crippen LogP contribution is 2.41. The van der Waals surface area contributed by atoms with Crippen molar-refractivity contribution in [3.8, 4) is 0 Å². The second-order valence-corrected chi connectivity index (χ2v) is 12.1. The molecule has 7 rings (SSSR count). The molecule has 2 aromatic carbocycles. The van der Waals surface area contributed by atoms with E-state index in [1.165, 1.54) is 9.80 Å². The van der Waals surface area contributed by atoms with Gasteiger partial charge in [-0.3, -0.25) is 43.7 Å². The first-order chi connectivity index (χ1) is 22.0. The molecule has 5 aliphatic rings. The van der Waals surface area contributed by atoms with Crippen LogP contribution in [0.4, 0.5) is 5.69 Å². The van der Waals surface area contributed by atoms with Gasteiger partial charge in [-0.25, -0.2) is 0 Å². The van der Waals surface area contributed by atoms with Gasteiger partial charge in [0.25, 0.3) is 23.6 Å². The number of hydrogen-bond donors (Lipinski definition) is 1. The summed E-state index contributed by atoms with van der Waals surface area (Å²) in [7, 11) is 0. The average Bonchev–Trinajstić information content (AvgIpc) is 3.07. The van der Waals surface area contributed by atoms with Crippen LogP contribution < -0.4 is 5.32 Å². The lowest BCUT2D eigenvalue weighted by Crippen LogP contribution is -2.48. The molecule has 4 amide bonds. The second-order valence-electron chi connectivity index (χ2n) is 12.1. The van der Waals surface area contributed by atoms with Gasteiger partial charge in [0.2, 0.25) is 0 Å². The van der Waals surface area contributed by atoms with Gasteiger partial charge in [0.1, 0.15) is 0 Å². The minimum Gasteiger partial charge on any atom is -0.383 e. The molecule has 0 aromatic heterocycles. The third-order valence-corrected chi connectivity index (χ3v) is 9.50. The molecule has 3 fully saturated rings. The molecule has 0 aliphatic carbocycles. The first-order valence-corrected chi connectivity index (χ1v) is 16.0. The third-order valence-electron chi connectivity index (χ3n) is 9.50. The maximum atomic E-state index is 14.2. The summed E-state index contributed by atoms with van der Waals surface area (Å²) >= 11 is 0. The van der Waals surface area contributed by atoms with Crippen LogP contribution in [-0.2, 0) is 14.2 Å². The fraction of sp³-hybridized carbons (Fsp3) is 0.562. The average molecular weight is 621 g/mol. The molecule has 0 bridgehead atoms. The van der Waals surface area contributed by atoms with Crippen LogP contribution in [0.25, 0.3) is 10.8 Å². The summed E-state index contributed by atoms with van der Waals surface area (Å²) in [5, 5.41) is 4.23. The van der Waals surface area contributed by atoms with Crippen LogP contribution >= 0.6 is 0 Å². The SMILES string of the molecule is O=C1c2ccc3c4c(c(NCCN5CCOCC5)cc(c24)C(=O)N1CCN1CCOCC1)C(=O)N(CCN1CCOCC1)C3=O. The monoisotopic (exact) mass is 620 g/mol. The van der Waals surface area contributed by atoms with Gasteiger partial charge in [0, 0.05) is 106 Å². The standard InChI is InChI=1S/C32H40N6O7/c39-29-22-1-2-23-27-26(22)24(31(41)37(29)7-5-35-11-17-44-18-12-35)21-25(33-3-4-34-9-15-43-16-10-34)28(27)32(42)38(30(23)40)8-6-36-13-19-45-20-14-36/h1-2,21,33H,3-20H2. The number of morpholine rings is 3. The van der Waals surface area contributed by atoms with Crippen LogP contribution in [-0.4, -0.2) is 166 Å². The van der Waals surface area contributed by atoms with Gasteiger partial charge in [-0.05, 0) is 18.2 Å². The number of anilines is 1. The second kappa shape index (κ2) is 13.1. The molecule has 0 spiro atoms. The molecule has 13 heteroatoms. The summed E-state index contributed by atoms with van der Waals surface area (Å²) in [6, 6.07) is 5.00. The number of amides is 4. The summed E-state index contributed by atoms with van der Waals surface area (Å²) < 4.78 is 16.4. The fourth-order valence-corrected chi connectivity index (χ4v) is 6.92. The van der Waals surface area contributed by atoms with E-state index >= 15 is 0 Å². The van der Waals surface area contributed by atoms with Gasteiger partial charge in [-0.1, -0.05) is 0 Å². The van der Waals surface area contributed by atoms with E-state index in [2.05, 4.69) is 20.0 Å². The predicted molar refractivity (Wildman–Crippen MR) is 165 cm³/mol. The van der Waals surface area contributed by atoms with Crippen molar-refractivity contribution in [2.75, 3.05) is 123 Å². The van der Waals surface area contributed by atoms with Crippen LogP contribution in [0.2, 0.25) is 0 Å². The molecule has 0 atom stereocenters. The number of ether oxygens (including phenoxy) is 3. The van der Waals surface area contributed by atoms with Crippen molar-refractivity contribution in [2.45, 2.75) is 0 Å². The Balaban J connectivity index is 1.23. The molecule has 3 saturated heterocycles. The number of rotatable bonds is 10. The number of imide groups is 2. The van der Waals surface area contributed by atoms with Crippen LogP contribution in [0, 0.1) is 0 Å². The first kappa shape index (κ1) is 30.2. The van der Waals surface area contributed by atoms with Gasteiger partial charge >= 0.3 is 0 Å². The van der Waals surface area contributed by atoms with E-state index < -0.39 is 23.6 Å². The van der Waals surface area contributed by atoms with Crippen molar-refractivity contribution in [3.63, 3.8) is 0 Å². The number of nitrogens with zero attached hydrogens (tertiary/aromatic N) is 5. The molecular formula is C32H40N6O7. The van der Waals surface area contributed by atoms with Crippen molar-refractivity contribution in [2.24, 2.45) is 0 Å². The van der Waals surface area contributed by atoms with Gasteiger partial charge in [0.05, 0.1) is 50.8 Å². The first-order valence-electron chi connectivity index (χ1n) is 16.0. The minimum absolute atomic E-state index is 0.239. The maximum Gasteiger partial charge on any atom is 0.263 e. The summed E-state index contributed by atoms with van der Waals surface area (Å²) in [5.74, 6) is -1.62. The Labute approximate surface area is 261 Å². The van der Waals surface area contributed by atoms with Crippen LogP contribution in [0.5, 0.6) is 0 Å². The van der Waals surface area contributed by atoms with Crippen molar-refractivity contribution < 1.29 is 33.4 Å². The summed E-state index contributed by atoms with van der Waals surface area (Å²) in [5.41, 5.74) is 1.87. The zero-order valence-electron chi connectivity index (χ0n) is 25.6. The van der Waals surface area contributed by atoms with E-state index in [1.54, 1.807) is 18.2 Å². The van der Waals surface area contributed by atoms with Gasteiger partial charge in [-0.2, -0.15) is 0 Å². The van der Waals surface area contributed by atoms with Crippen molar-refractivity contribution in [3.05, 3.63) is 40.5 Å². The van der Waals surface area contributed by atoms with Gasteiger partial charge in [0.15, 0.2) is 0 Å². The normalized spacial score (nSPS) is 21.7. The van der Waals surface area contributed by atoms with E-state index in [4.69, 9.17) is 14.2 Å². The fourth-order valence-electron chi connectivity index (χ4n) is 6.92. The number of hydrogen-bond acceptors (Lipinski definition) is 11.